The topological polar surface area (TPSA) is 44.5 Å². The van der Waals surface area contributed by atoms with E-state index in [4.69, 9.17) is 26.8 Å². The van der Waals surface area contributed by atoms with E-state index in [1.165, 1.54) is 11.1 Å². The fraction of sp³-hybridized carbons (Fsp3) is 0.333. The van der Waals surface area contributed by atoms with E-state index in [1.807, 2.05) is 30.3 Å². The lowest BCUT2D eigenvalue weighted by atomic mass is 10.1. The van der Waals surface area contributed by atoms with Gasteiger partial charge in [-0.15, -0.1) is 0 Å². The van der Waals surface area contributed by atoms with Crippen molar-refractivity contribution in [1.29, 1.82) is 0 Å². The first-order chi connectivity index (χ1) is 10.6. The Morgan fingerprint density at radius 3 is 2.45 bits per heavy atom. The fourth-order valence-electron chi connectivity index (χ4n) is 2.15. The molecule has 2 rings (SSSR count). The molecule has 0 aromatic heterocycles. The Morgan fingerprint density at radius 2 is 1.73 bits per heavy atom. The van der Waals surface area contributed by atoms with Gasteiger partial charge in [0.05, 0.1) is 0 Å². The molecule has 2 aromatic rings. The van der Waals surface area contributed by atoms with Crippen molar-refractivity contribution in [2.75, 3.05) is 19.8 Å². The Kier molecular flexibility index (Phi) is 6.10. The van der Waals surface area contributed by atoms with Crippen LogP contribution in [0.1, 0.15) is 16.7 Å². The van der Waals surface area contributed by atoms with E-state index in [0.717, 1.165) is 23.5 Å². The Labute approximate surface area is 137 Å². The van der Waals surface area contributed by atoms with E-state index in [1.54, 1.807) is 0 Å². The van der Waals surface area contributed by atoms with Crippen LogP contribution in [0.5, 0.6) is 11.5 Å². The van der Waals surface area contributed by atoms with E-state index in [2.05, 4.69) is 19.9 Å². The standard InChI is InChI=1S/C18H22ClNO2/c1-13-3-5-17(11-14(13)2)21-9-10-22-18-6-4-16(19)12-15(18)7-8-20/h3-6,11-12H,7-10,20H2,1-2H3. The largest absolute Gasteiger partial charge is 0.490 e. The van der Waals surface area contributed by atoms with Crippen LogP contribution < -0.4 is 15.2 Å². The third kappa shape index (κ3) is 4.65. The molecule has 0 aliphatic heterocycles. The molecule has 118 valence electrons. The first-order valence-electron chi connectivity index (χ1n) is 7.41. The summed E-state index contributed by atoms with van der Waals surface area (Å²) in [5.41, 5.74) is 9.13. The molecule has 4 heteroatoms. The number of rotatable bonds is 7. The first-order valence-corrected chi connectivity index (χ1v) is 7.79. The van der Waals surface area contributed by atoms with Crippen molar-refractivity contribution in [3.8, 4) is 11.5 Å². The summed E-state index contributed by atoms with van der Waals surface area (Å²) in [4.78, 5) is 0. The third-order valence-electron chi connectivity index (χ3n) is 3.52. The summed E-state index contributed by atoms with van der Waals surface area (Å²) >= 11 is 6.00. The van der Waals surface area contributed by atoms with Gasteiger partial charge in [0, 0.05) is 5.02 Å². The highest BCUT2D eigenvalue weighted by molar-refractivity contribution is 6.30. The number of hydrogen-bond donors (Lipinski definition) is 1. The number of nitrogens with two attached hydrogens (primary N) is 1. The molecule has 0 aliphatic rings. The van der Waals surface area contributed by atoms with Crippen molar-refractivity contribution < 1.29 is 9.47 Å². The summed E-state index contributed by atoms with van der Waals surface area (Å²) in [5, 5.41) is 0.696. The fourth-order valence-corrected chi connectivity index (χ4v) is 2.35. The van der Waals surface area contributed by atoms with E-state index in [0.29, 0.717) is 24.8 Å². The summed E-state index contributed by atoms with van der Waals surface area (Å²) in [6.07, 6.45) is 0.744. The SMILES string of the molecule is Cc1ccc(OCCOc2ccc(Cl)cc2CCN)cc1C. The molecule has 0 amide bonds. The molecule has 0 fully saturated rings. The highest BCUT2D eigenvalue weighted by Crippen LogP contribution is 2.23. The number of hydrogen-bond acceptors (Lipinski definition) is 3. The van der Waals surface area contributed by atoms with Gasteiger partial charge in [-0.25, -0.2) is 0 Å². The molecule has 0 saturated carbocycles. The molecular formula is C18H22ClNO2. The van der Waals surface area contributed by atoms with Gasteiger partial charge >= 0.3 is 0 Å². The van der Waals surface area contributed by atoms with Gasteiger partial charge in [-0.3, -0.25) is 0 Å². The van der Waals surface area contributed by atoms with Gasteiger partial charge in [0.15, 0.2) is 0 Å². The highest BCUT2D eigenvalue weighted by Gasteiger charge is 2.04. The minimum absolute atomic E-state index is 0.478. The average molecular weight is 320 g/mol. The minimum Gasteiger partial charge on any atom is -0.490 e. The number of halogens is 1. The third-order valence-corrected chi connectivity index (χ3v) is 3.76. The summed E-state index contributed by atoms with van der Waals surface area (Å²) in [6, 6.07) is 11.7. The molecule has 0 radical (unpaired) electrons. The van der Waals surface area contributed by atoms with E-state index >= 15 is 0 Å². The van der Waals surface area contributed by atoms with Gasteiger partial charge in [-0.2, -0.15) is 0 Å². The predicted octanol–water partition coefficient (Wildman–Crippen LogP) is 3.92. The highest BCUT2D eigenvalue weighted by atomic mass is 35.5. The molecule has 0 heterocycles. The number of aryl methyl sites for hydroxylation is 2. The van der Waals surface area contributed by atoms with Crippen molar-refractivity contribution in [3.63, 3.8) is 0 Å². The van der Waals surface area contributed by atoms with Crippen LogP contribution in [0.2, 0.25) is 5.02 Å². The second kappa shape index (κ2) is 8.06. The Bertz CT molecular complexity index is 628. The van der Waals surface area contributed by atoms with Gasteiger partial charge < -0.3 is 15.2 Å². The number of ether oxygens (including phenoxy) is 2. The van der Waals surface area contributed by atoms with E-state index in [-0.39, 0.29) is 0 Å². The van der Waals surface area contributed by atoms with E-state index < -0.39 is 0 Å². The van der Waals surface area contributed by atoms with Crippen molar-refractivity contribution in [1.82, 2.24) is 0 Å². The van der Waals surface area contributed by atoms with E-state index in [9.17, 15) is 0 Å². The lowest BCUT2D eigenvalue weighted by molar-refractivity contribution is 0.216. The molecule has 0 saturated heterocycles. The molecule has 3 nitrogen and oxygen atoms in total. The molecule has 0 spiro atoms. The summed E-state index contributed by atoms with van der Waals surface area (Å²) < 4.78 is 11.5. The zero-order valence-electron chi connectivity index (χ0n) is 13.1. The Hall–Kier alpha value is -1.71. The zero-order chi connectivity index (χ0) is 15.9. The lowest BCUT2D eigenvalue weighted by Crippen LogP contribution is -2.11. The normalized spacial score (nSPS) is 10.5. The quantitative estimate of drug-likeness (QED) is 0.787. The van der Waals surface area contributed by atoms with Crippen molar-refractivity contribution >= 4 is 11.6 Å². The number of benzene rings is 2. The maximum atomic E-state index is 6.00. The van der Waals surface area contributed by atoms with Gasteiger partial charge in [-0.1, -0.05) is 17.7 Å². The monoisotopic (exact) mass is 319 g/mol. The summed E-state index contributed by atoms with van der Waals surface area (Å²) in [5.74, 6) is 1.68. The lowest BCUT2D eigenvalue weighted by Gasteiger charge is -2.12. The van der Waals surface area contributed by atoms with Crippen molar-refractivity contribution in [3.05, 3.63) is 58.1 Å². The van der Waals surface area contributed by atoms with Gasteiger partial charge in [0.1, 0.15) is 24.7 Å². The van der Waals surface area contributed by atoms with Crippen LogP contribution >= 0.6 is 11.6 Å². The van der Waals surface area contributed by atoms with Crippen molar-refractivity contribution in [2.24, 2.45) is 5.73 Å². The average Bonchev–Trinajstić information content (AvgIpc) is 2.49. The Morgan fingerprint density at radius 1 is 0.955 bits per heavy atom. The molecule has 2 aromatic carbocycles. The predicted molar refractivity (Wildman–Crippen MR) is 91.1 cm³/mol. The maximum absolute atomic E-state index is 6.00. The van der Waals surface area contributed by atoms with Crippen LogP contribution in [0.25, 0.3) is 0 Å². The van der Waals surface area contributed by atoms with Crippen LogP contribution in [0.4, 0.5) is 0 Å². The summed E-state index contributed by atoms with van der Waals surface area (Å²) in [7, 11) is 0. The molecule has 0 atom stereocenters. The molecule has 0 aliphatic carbocycles. The maximum Gasteiger partial charge on any atom is 0.122 e. The first kappa shape index (κ1) is 16.7. The minimum atomic E-state index is 0.478. The van der Waals surface area contributed by atoms with Gasteiger partial charge in [-0.05, 0) is 73.8 Å². The van der Waals surface area contributed by atoms with Crippen LogP contribution in [0, 0.1) is 13.8 Å². The summed E-state index contributed by atoms with van der Waals surface area (Å²) in [6.45, 7) is 5.70. The Balaban J connectivity index is 1.87. The van der Waals surface area contributed by atoms with Crippen LogP contribution in [0.15, 0.2) is 36.4 Å². The zero-order valence-corrected chi connectivity index (χ0v) is 13.8. The van der Waals surface area contributed by atoms with Crippen LogP contribution in [0.3, 0.4) is 0 Å². The second-order valence-corrected chi connectivity index (χ2v) is 5.67. The van der Waals surface area contributed by atoms with Crippen LogP contribution in [-0.4, -0.2) is 19.8 Å². The molecule has 2 N–H and O–H groups in total. The van der Waals surface area contributed by atoms with Gasteiger partial charge in [0.2, 0.25) is 0 Å². The molecule has 0 bridgehead atoms. The molecule has 0 unspecified atom stereocenters. The van der Waals surface area contributed by atoms with Gasteiger partial charge in [0.25, 0.3) is 0 Å². The van der Waals surface area contributed by atoms with Crippen LogP contribution in [-0.2, 0) is 6.42 Å². The van der Waals surface area contributed by atoms with Crippen molar-refractivity contribution in [2.45, 2.75) is 20.3 Å². The smallest absolute Gasteiger partial charge is 0.122 e. The second-order valence-electron chi connectivity index (χ2n) is 5.23. The molecule has 22 heavy (non-hydrogen) atoms. The molecular weight excluding hydrogens is 298 g/mol.